The molecular weight excluding hydrogens is 262 g/mol. The van der Waals surface area contributed by atoms with Crippen molar-refractivity contribution in [2.24, 2.45) is 11.8 Å². The molecule has 2 unspecified atom stereocenters. The molecule has 2 atom stereocenters. The summed E-state index contributed by atoms with van der Waals surface area (Å²) in [5, 5.41) is 3.41. The maximum absolute atomic E-state index is 5.88. The minimum absolute atomic E-state index is 0.585. The van der Waals surface area contributed by atoms with Gasteiger partial charge in [-0.05, 0) is 50.6 Å². The van der Waals surface area contributed by atoms with E-state index in [-0.39, 0.29) is 0 Å². The molecule has 21 heavy (non-hydrogen) atoms. The van der Waals surface area contributed by atoms with Crippen molar-refractivity contribution in [1.29, 1.82) is 0 Å². The molecule has 118 valence electrons. The Morgan fingerprint density at radius 2 is 2.14 bits per heavy atom. The molecular formula is C18H29NO2. The third-order valence-electron chi connectivity index (χ3n) is 4.31. The molecule has 0 saturated heterocycles. The zero-order valence-corrected chi connectivity index (χ0v) is 13.7. The summed E-state index contributed by atoms with van der Waals surface area (Å²) < 4.78 is 11.7. The molecule has 1 aliphatic carbocycles. The van der Waals surface area contributed by atoms with Gasteiger partial charge in [0, 0.05) is 12.1 Å². The Bertz CT molecular complexity index is 450. The van der Waals surface area contributed by atoms with E-state index in [0.29, 0.717) is 12.5 Å². The molecule has 0 fully saturated rings. The highest BCUT2D eigenvalue weighted by molar-refractivity contribution is 5.20. The van der Waals surface area contributed by atoms with Gasteiger partial charge in [0.05, 0.1) is 6.61 Å². The molecule has 3 nitrogen and oxygen atoms in total. The highest BCUT2D eigenvalue weighted by Crippen LogP contribution is 2.25. The number of nitrogens with one attached hydrogen (secondary N) is 1. The normalized spacial score (nSPS) is 21.9. The van der Waals surface area contributed by atoms with Gasteiger partial charge in [0.2, 0.25) is 0 Å². The van der Waals surface area contributed by atoms with Gasteiger partial charge in [-0.2, -0.15) is 0 Å². The van der Waals surface area contributed by atoms with E-state index in [2.05, 4.69) is 37.4 Å². The molecule has 0 saturated carbocycles. The number of allylic oxidation sites excluding steroid dienone is 2. The van der Waals surface area contributed by atoms with E-state index in [1.54, 1.807) is 0 Å². The SMILES string of the molecule is CCCNCc1cc(COCC2CC=CCC2C)oc1C. The first kappa shape index (κ1) is 16.3. The Morgan fingerprint density at radius 3 is 2.90 bits per heavy atom. The second-order valence-corrected chi connectivity index (χ2v) is 6.17. The van der Waals surface area contributed by atoms with E-state index in [4.69, 9.17) is 9.15 Å². The lowest BCUT2D eigenvalue weighted by molar-refractivity contribution is 0.0579. The fraction of sp³-hybridized carbons (Fsp3) is 0.667. The summed E-state index contributed by atoms with van der Waals surface area (Å²) in [7, 11) is 0. The Balaban J connectivity index is 1.75. The molecule has 1 heterocycles. The maximum atomic E-state index is 5.88. The van der Waals surface area contributed by atoms with E-state index in [9.17, 15) is 0 Å². The molecule has 1 aliphatic rings. The molecule has 0 amide bonds. The summed E-state index contributed by atoms with van der Waals surface area (Å²) in [6.07, 6.45) is 8.04. The Labute approximate surface area is 128 Å². The summed E-state index contributed by atoms with van der Waals surface area (Å²) in [5.41, 5.74) is 1.25. The smallest absolute Gasteiger partial charge is 0.130 e. The maximum Gasteiger partial charge on any atom is 0.130 e. The van der Waals surface area contributed by atoms with Gasteiger partial charge in [0.25, 0.3) is 0 Å². The molecule has 0 bridgehead atoms. The third kappa shape index (κ3) is 5.01. The first-order valence-electron chi connectivity index (χ1n) is 8.22. The average Bonchev–Trinajstić information content (AvgIpc) is 2.82. The van der Waals surface area contributed by atoms with E-state index in [1.807, 2.05) is 6.92 Å². The van der Waals surface area contributed by atoms with E-state index in [1.165, 1.54) is 12.0 Å². The van der Waals surface area contributed by atoms with Gasteiger partial charge < -0.3 is 14.5 Å². The quantitative estimate of drug-likeness (QED) is 0.575. The summed E-state index contributed by atoms with van der Waals surface area (Å²) in [6, 6.07) is 2.13. The van der Waals surface area contributed by atoms with Crippen molar-refractivity contribution in [2.75, 3.05) is 13.2 Å². The van der Waals surface area contributed by atoms with Gasteiger partial charge >= 0.3 is 0 Å². The van der Waals surface area contributed by atoms with Crippen LogP contribution in [0.25, 0.3) is 0 Å². The topological polar surface area (TPSA) is 34.4 Å². The second-order valence-electron chi connectivity index (χ2n) is 6.17. The van der Waals surface area contributed by atoms with Crippen LogP contribution in [0.2, 0.25) is 0 Å². The van der Waals surface area contributed by atoms with Crippen LogP contribution in [0.5, 0.6) is 0 Å². The number of hydrogen-bond donors (Lipinski definition) is 1. The molecule has 0 aliphatic heterocycles. The zero-order valence-electron chi connectivity index (χ0n) is 13.7. The minimum Gasteiger partial charge on any atom is -0.464 e. The number of aryl methyl sites for hydroxylation is 1. The van der Waals surface area contributed by atoms with Crippen LogP contribution in [-0.4, -0.2) is 13.2 Å². The molecule has 0 aromatic carbocycles. The van der Waals surface area contributed by atoms with Gasteiger partial charge in [0.1, 0.15) is 18.1 Å². The van der Waals surface area contributed by atoms with Crippen molar-refractivity contribution in [1.82, 2.24) is 5.32 Å². The van der Waals surface area contributed by atoms with Gasteiger partial charge in [-0.15, -0.1) is 0 Å². The third-order valence-corrected chi connectivity index (χ3v) is 4.31. The van der Waals surface area contributed by atoms with E-state index < -0.39 is 0 Å². The fourth-order valence-corrected chi connectivity index (χ4v) is 2.78. The lowest BCUT2D eigenvalue weighted by Gasteiger charge is -2.24. The van der Waals surface area contributed by atoms with E-state index >= 15 is 0 Å². The lowest BCUT2D eigenvalue weighted by atomic mass is 9.85. The van der Waals surface area contributed by atoms with Crippen molar-refractivity contribution in [2.45, 2.75) is 53.2 Å². The summed E-state index contributed by atoms with van der Waals surface area (Å²) in [6.45, 7) is 9.86. The standard InChI is InChI=1S/C18H29NO2/c1-4-9-19-11-17-10-18(21-15(17)3)13-20-12-16-8-6-5-7-14(16)2/h5-6,10,14,16,19H,4,7-9,11-13H2,1-3H3. The van der Waals surface area contributed by atoms with Gasteiger partial charge in [-0.1, -0.05) is 26.0 Å². The van der Waals surface area contributed by atoms with Crippen molar-refractivity contribution >= 4 is 0 Å². The van der Waals surface area contributed by atoms with Crippen LogP contribution in [0, 0.1) is 18.8 Å². The largest absolute Gasteiger partial charge is 0.464 e. The van der Waals surface area contributed by atoms with Gasteiger partial charge in [-0.25, -0.2) is 0 Å². The monoisotopic (exact) mass is 291 g/mol. The van der Waals surface area contributed by atoms with Crippen molar-refractivity contribution < 1.29 is 9.15 Å². The molecule has 2 rings (SSSR count). The molecule has 1 N–H and O–H groups in total. The second kappa shape index (κ2) is 8.40. The van der Waals surface area contributed by atoms with Crippen molar-refractivity contribution in [3.63, 3.8) is 0 Å². The molecule has 0 spiro atoms. The first-order chi connectivity index (χ1) is 10.2. The van der Waals surface area contributed by atoms with Crippen LogP contribution in [0.4, 0.5) is 0 Å². The van der Waals surface area contributed by atoms with Crippen LogP contribution < -0.4 is 5.32 Å². The summed E-state index contributed by atoms with van der Waals surface area (Å²) >= 11 is 0. The molecule has 1 aromatic heterocycles. The Kier molecular flexibility index (Phi) is 6.52. The van der Waals surface area contributed by atoms with Crippen LogP contribution in [0.15, 0.2) is 22.6 Å². The Hall–Kier alpha value is -1.06. The van der Waals surface area contributed by atoms with Crippen LogP contribution >= 0.6 is 0 Å². The minimum atomic E-state index is 0.585. The predicted octanol–water partition coefficient (Wildman–Crippen LogP) is 4.21. The fourth-order valence-electron chi connectivity index (χ4n) is 2.78. The van der Waals surface area contributed by atoms with Gasteiger partial charge in [0.15, 0.2) is 0 Å². The van der Waals surface area contributed by atoms with Crippen molar-refractivity contribution in [3.05, 3.63) is 35.3 Å². The highest BCUT2D eigenvalue weighted by atomic mass is 16.5. The molecule has 1 aromatic rings. The zero-order chi connectivity index (χ0) is 15.1. The van der Waals surface area contributed by atoms with Gasteiger partial charge in [-0.3, -0.25) is 0 Å². The number of rotatable bonds is 8. The van der Waals surface area contributed by atoms with E-state index in [0.717, 1.165) is 50.0 Å². The number of furan rings is 1. The predicted molar refractivity (Wildman–Crippen MR) is 86.1 cm³/mol. The molecule has 3 heteroatoms. The Morgan fingerprint density at radius 1 is 1.33 bits per heavy atom. The summed E-state index contributed by atoms with van der Waals surface area (Å²) in [5.74, 6) is 3.32. The summed E-state index contributed by atoms with van der Waals surface area (Å²) in [4.78, 5) is 0. The number of ether oxygens (including phenoxy) is 1. The van der Waals surface area contributed by atoms with Crippen molar-refractivity contribution in [3.8, 4) is 0 Å². The molecule has 0 radical (unpaired) electrons. The number of hydrogen-bond acceptors (Lipinski definition) is 3. The van der Waals surface area contributed by atoms with Crippen LogP contribution in [-0.2, 0) is 17.9 Å². The first-order valence-corrected chi connectivity index (χ1v) is 8.22. The average molecular weight is 291 g/mol. The lowest BCUT2D eigenvalue weighted by Crippen LogP contribution is -2.19. The highest BCUT2D eigenvalue weighted by Gasteiger charge is 2.18. The van der Waals surface area contributed by atoms with Crippen LogP contribution in [0.3, 0.4) is 0 Å². The van der Waals surface area contributed by atoms with Crippen LogP contribution in [0.1, 0.15) is 50.2 Å².